The predicted octanol–water partition coefficient (Wildman–Crippen LogP) is 1.40. The van der Waals surface area contributed by atoms with E-state index in [0.29, 0.717) is 10.8 Å². The fourth-order valence-corrected chi connectivity index (χ4v) is 2.03. The van der Waals surface area contributed by atoms with Gasteiger partial charge in [0.15, 0.2) is 5.69 Å². The fourth-order valence-electron chi connectivity index (χ4n) is 1.24. The monoisotopic (exact) mass is 251 g/mol. The maximum atomic E-state index is 11.7. The number of hydrogen-bond donors (Lipinski definition) is 2. The number of aryl methyl sites for hydroxylation is 1. The first-order valence-corrected chi connectivity index (χ1v) is 5.58. The number of nitrogens with zero attached hydrogens (tertiary/aromatic N) is 1. The largest absolute Gasteiger partial charge is 0.366 e. The first-order chi connectivity index (χ1) is 8.08. The summed E-state index contributed by atoms with van der Waals surface area (Å²) in [5.41, 5.74) is 5.60. The Morgan fingerprint density at radius 3 is 2.88 bits per heavy atom. The summed E-state index contributed by atoms with van der Waals surface area (Å²) in [7, 11) is 0. The van der Waals surface area contributed by atoms with Crippen LogP contribution in [0.15, 0.2) is 22.0 Å². The van der Waals surface area contributed by atoms with E-state index in [1.54, 1.807) is 18.4 Å². The molecule has 0 saturated carbocycles. The van der Waals surface area contributed by atoms with Crippen LogP contribution in [0.3, 0.4) is 0 Å². The lowest BCUT2D eigenvalue weighted by Gasteiger charge is -2.01. The van der Waals surface area contributed by atoms with E-state index in [2.05, 4.69) is 10.5 Å². The van der Waals surface area contributed by atoms with Crippen LogP contribution in [0.2, 0.25) is 0 Å². The highest BCUT2D eigenvalue weighted by Crippen LogP contribution is 2.23. The molecular formula is C10H9N3O3S. The molecule has 0 fully saturated rings. The minimum Gasteiger partial charge on any atom is -0.366 e. The number of rotatable bonds is 3. The second kappa shape index (κ2) is 4.38. The van der Waals surface area contributed by atoms with Crippen molar-refractivity contribution in [3.63, 3.8) is 0 Å². The van der Waals surface area contributed by atoms with E-state index in [1.165, 1.54) is 17.4 Å². The zero-order valence-electron chi connectivity index (χ0n) is 8.89. The zero-order valence-corrected chi connectivity index (χ0v) is 9.71. The second-order valence-electron chi connectivity index (χ2n) is 3.30. The number of aromatic nitrogens is 1. The summed E-state index contributed by atoms with van der Waals surface area (Å²) in [6.45, 7) is 1.68. The highest BCUT2D eigenvalue weighted by Gasteiger charge is 2.15. The number of nitrogens with two attached hydrogens (primary N) is 1. The first kappa shape index (κ1) is 11.3. The third-order valence-electron chi connectivity index (χ3n) is 2.02. The maximum absolute atomic E-state index is 11.7. The molecule has 0 atom stereocenters. The average molecular weight is 251 g/mol. The van der Waals surface area contributed by atoms with Crippen molar-refractivity contribution in [2.24, 2.45) is 5.73 Å². The molecule has 0 bridgehead atoms. The van der Waals surface area contributed by atoms with Crippen molar-refractivity contribution in [3.05, 3.63) is 34.5 Å². The number of anilines is 1. The van der Waals surface area contributed by atoms with Gasteiger partial charge < -0.3 is 15.6 Å². The van der Waals surface area contributed by atoms with Gasteiger partial charge in [-0.15, -0.1) is 11.3 Å². The van der Waals surface area contributed by atoms with Crippen molar-refractivity contribution < 1.29 is 14.1 Å². The summed E-state index contributed by atoms with van der Waals surface area (Å²) >= 11 is 1.22. The molecule has 17 heavy (non-hydrogen) atoms. The Labute approximate surface area is 100 Å². The molecule has 6 nitrogen and oxygen atoms in total. The normalized spacial score (nSPS) is 10.2. The highest BCUT2D eigenvalue weighted by molar-refractivity contribution is 7.14. The van der Waals surface area contributed by atoms with Crippen LogP contribution >= 0.6 is 11.3 Å². The molecule has 2 aromatic heterocycles. The molecule has 0 saturated heterocycles. The number of hydrogen-bond acceptors (Lipinski definition) is 5. The predicted molar refractivity (Wildman–Crippen MR) is 62.0 cm³/mol. The van der Waals surface area contributed by atoms with Gasteiger partial charge in [-0.1, -0.05) is 5.16 Å². The molecule has 0 aliphatic rings. The Balaban J connectivity index is 2.18. The number of thiophene rings is 1. The quantitative estimate of drug-likeness (QED) is 0.861. The smallest absolute Gasteiger partial charge is 0.278 e. The topological polar surface area (TPSA) is 98.2 Å². The number of nitrogens with one attached hydrogen (secondary N) is 1. The Morgan fingerprint density at radius 2 is 2.29 bits per heavy atom. The van der Waals surface area contributed by atoms with E-state index in [4.69, 9.17) is 10.3 Å². The van der Waals surface area contributed by atoms with Crippen LogP contribution in [0, 0.1) is 6.92 Å². The van der Waals surface area contributed by atoms with Crippen molar-refractivity contribution in [1.82, 2.24) is 5.16 Å². The van der Waals surface area contributed by atoms with Gasteiger partial charge in [0.25, 0.3) is 11.8 Å². The van der Waals surface area contributed by atoms with Crippen molar-refractivity contribution in [3.8, 4) is 0 Å². The lowest BCUT2D eigenvalue weighted by atomic mass is 10.3. The van der Waals surface area contributed by atoms with Crippen molar-refractivity contribution in [2.75, 3.05) is 5.32 Å². The van der Waals surface area contributed by atoms with E-state index in [9.17, 15) is 9.59 Å². The maximum Gasteiger partial charge on any atom is 0.278 e. The first-order valence-electron chi connectivity index (χ1n) is 4.70. The molecule has 0 radical (unpaired) electrons. The number of carbonyl (C=O) groups is 2. The molecule has 7 heteroatoms. The molecule has 2 aromatic rings. The second-order valence-corrected chi connectivity index (χ2v) is 4.22. The fraction of sp³-hybridized carbons (Fsp3) is 0.100. The average Bonchev–Trinajstić information content (AvgIpc) is 2.86. The summed E-state index contributed by atoms with van der Waals surface area (Å²) in [6.07, 6.45) is 0. The van der Waals surface area contributed by atoms with Crippen molar-refractivity contribution in [1.29, 1.82) is 0 Å². The molecule has 2 rings (SSSR count). The standard InChI is InChI=1S/C10H9N3O3S/c1-5-4-7(13-16-5)9(15)12-10-6(8(11)14)2-3-17-10/h2-4H,1H3,(H2,11,14)(H,12,15). The minimum atomic E-state index is -0.585. The van der Waals surface area contributed by atoms with Crippen molar-refractivity contribution >= 4 is 28.2 Å². The summed E-state index contributed by atoms with van der Waals surface area (Å²) in [4.78, 5) is 22.8. The van der Waals surface area contributed by atoms with Crippen LogP contribution in [0.5, 0.6) is 0 Å². The third-order valence-corrected chi connectivity index (χ3v) is 2.85. The molecule has 2 amide bonds. The summed E-state index contributed by atoms with van der Waals surface area (Å²) in [6, 6.07) is 3.06. The minimum absolute atomic E-state index is 0.159. The van der Waals surface area contributed by atoms with Crippen molar-refractivity contribution in [2.45, 2.75) is 6.92 Å². The molecule has 0 unspecified atom stereocenters. The number of amides is 2. The van der Waals surface area contributed by atoms with Gasteiger partial charge in [-0.3, -0.25) is 9.59 Å². The summed E-state index contributed by atoms with van der Waals surface area (Å²) < 4.78 is 4.78. The van der Waals surface area contributed by atoms with E-state index in [1.807, 2.05) is 0 Å². The van der Waals surface area contributed by atoms with Gasteiger partial charge in [-0.25, -0.2) is 0 Å². The van der Waals surface area contributed by atoms with Crippen LogP contribution in [0.1, 0.15) is 26.6 Å². The van der Waals surface area contributed by atoms with E-state index < -0.39 is 11.8 Å². The van der Waals surface area contributed by atoms with E-state index >= 15 is 0 Å². The summed E-state index contributed by atoms with van der Waals surface area (Å²) in [5, 5.41) is 8.21. The molecule has 0 spiro atoms. The Bertz CT molecular complexity index is 573. The molecule has 2 heterocycles. The van der Waals surface area contributed by atoms with Crippen LogP contribution in [0.4, 0.5) is 5.00 Å². The molecule has 0 aromatic carbocycles. The molecule has 0 aliphatic carbocycles. The Kier molecular flexibility index (Phi) is 2.92. The van der Waals surface area contributed by atoms with Gasteiger partial charge >= 0.3 is 0 Å². The number of carbonyl (C=O) groups excluding carboxylic acids is 2. The molecule has 88 valence electrons. The Morgan fingerprint density at radius 1 is 1.53 bits per heavy atom. The van der Waals surface area contributed by atoms with Crippen LogP contribution < -0.4 is 11.1 Å². The van der Waals surface area contributed by atoms with Gasteiger partial charge in [0, 0.05) is 6.07 Å². The lowest BCUT2D eigenvalue weighted by Crippen LogP contribution is -2.16. The highest BCUT2D eigenvalue weighted by atomic mass is 32.1. The molecule has 3 N–H and O–H groups in total. The van der Waals surface area contributed by atoms with Crippen LogP contribution in [0.25, 0.3) is 0 Å². The zero-order chi connectivity index (χ0) is 12.4. The lowest BCUT2D eigenvalue weighted by molar-refractivity contribution is 0.100. The van der Waals surface area contributed by atoms with Gasteiger partial charge in [0.05, 0.1) is 5.56 Å². The molecule has 0 aliphatic heterocycles. The van der Waals surface area contributed by atoms with Crippen LogP contribution in [-0.4, -0.2) is 17.0 Å². The van der Waals surface area contributed by atoms with E-state index in [-0.39, 0.29) is 11.3 Å². The van der Waals surface area contributed by atoms with E-state index in [0.717, 1.165) is 0 Å². The molecular weight excluding hydrogens is 242 g/mol. The van der Waals surface area contributed by atoms with Crippen LogP contribution in [-0.2, 0) is 0 Å². The van der Waals surface area contributed by atoms with Gasteiger partial charge in [0.2, 0.25) is 0 Å². The SMILES string of the molecule is Cc1cc(C(=O)Nc2sccc2C(N)=O)no1. The summed E-state index contributed by atoms with van der Waals surface area (Å²) in [5.74, 6) is -0.485. The van der Waals surface area contributed by atoms with Gasteiger partial charge in [0.1, 0.15) is 10.8 Å². The number of primary amides is 1. The third kappa shape index (κ3) is 2.34. The van der Waals surface area contributed by atoms with Gasteiger partial charge in [-0.05, 0) is 18.4 Å². The van der Waals surface area contributed by atoms with Gasteiger partial charge in [-0.2, -0.15) is 0 Å². The Hall–Kier alpha value is -2.15.